The number of nitriles is 1. The third-order valence-electron chi connectivity index (χ3n) is 3.43. The molecule has 0 aliphatic rings. The number of terminal acetylenes is 1. The number of hydrogen-bond acceptors (Lipinski definition) is 4. The minimum Gasteiger partial charge on any atom is -0.494 e. The van der Waals surface area contributed by atoms with Gasteiger partial charge in [-0.3, -0.25) is 4.79 Å². The van der Waals surface area contributed by atoms with Gasteiger partial charge in [-0.25, -0.2) is 0 Å². The van der Waals surface area contributed by atoms with E-state index in [2.05, 4.69) is 11.2 Å². The summed E-state index contributed by atoms with van der Waals surface area (Å²) in [6.45, 7) is 2.39. The number of amides is 1. The summed E-state index contributed by atoms with van der Waals surface area (Å²) >= 11 is 12.2. The summed E-state index contributed by atoms with van der Waals surface area (Å²) in [6.07, 6.45) is 6.55. The standard InChI is InChI=1S/C21H16Cl2N2O3/c1-3-9-28-20-14(11-16(22)12-19(20)23)10-15(13-24)21(26)25-17-5-7-18(8-6-17)27-4-2/h1,5-8,10-12H,4,9H2,2H3,(H,25,26)/b15-10+. The van der Waals surface area contributed by atoms with Gasteiger partial charge in [-0.05, 0) is 49.4 Å². The highest BCUT2D eigenvalue weighted by Gasteiger charge is 2.14. The van der Waals surface area contributed by atoms with E-state index in [-0.39, 0.29) is 23.0 Å². The van der Waals surface area contributed by atoms with Crippen molar-refractivity contribution in [3.63, 3.8) is 0 Å². The van der Waals surface area contributed by atoms with Gasteiger partial charge in [0.25, 0.3) is 5.91 Å². The molecule has 28 heavy (non-hydrogen) atoms. The smallest absolute Gasteiger partial charge is 0.266 e. The van der Waals surface area contributed by atoms with Gasteiger partial charge in [-0.15, -0.1) is 6.42 Å². The highest BCUT2D eigenvalue weighted by atomic mass is 35.5. The molecule has 0 heterocycles. The Morgan fingerprint density at radius 2 is 1.96 bits per heavy atom. The first kappa shape index (κ1) is 21.2. The van der Waals surface area contributed by atoms with Gasteiger partial charge in [0.05, 0.1) is 11.6 Å². The molecule has 0 atom stereocenters. The number of ether oxygens (including phenoxy) is 2. The zero-order valence-corrected chi connectivity index (χ0v) is 16.5. The Morgan fingerprint density at radius 3 is 2.57 bits per heavy atom. The molecule has 0 spiro atoms. The third kappa shape index (κ3) is 5.69. The van der Waals surface area contributed by atoms with E-state index in [0.717, 1.165) is 0 Å². The van der Waals surface area contributed by atoms with Gasteiger partial charge >= 0.3 is 0 Å². The maximum atomic E-state index is 12.5. The fourth-order valence-electron chi connectivity index (χ4n) is 2.26. The molecule has 0 fully saturated rings. The second-order valence-electron chi connectivity index (χ2n) is 5.38. The van der Waals surface area contributed by atoms with Crippen molar-refractivity contribution in [2.75, 3.05) is 18.5 Å². The fourth-order valence-corrected chi connectivity index (χ4v) is 2.82. The van der Waals surface area contributed by atoms with E-state index < -0.39 is 5.91 Å². The van der Waals surface area contributed by atoms with E-state index in [0.29, 0.717) is 28.6 Å². The lowest BCUT2D eigenvalue weighted by Crippen LogP contribution is -2.13. The van der Waals surface area contributed by atoms with E-state index in [9.17, 15) is 10.1 Å². The van der Waals surface area contributed by atoms with Crippen molar-refractivity contribution < 1.29 is 14.3 Å². The molecular weight excluding hydrogens is 399 g/mol. The molecule has 7 heteroatoms. The number of nitrogens with zero attached hydrogens (tertiary/aromatic N) is 1. The van der Waals surface area contributed by atoms with Gasteiger partial charge in [0.1, 0.15) is 29.7 Å². The van der Waals surface area contributed by atoms with Crippen LogP contribution in [0.2, 0.25) is 10.0 Å². The van der Waals surface area contributed by atoms with Crippen LogP contribution in [0.3, 0.4) is 0 Å². The quantitative estimate of drug-likeness (QED) is 0.395. The molecule has 2 rings (SSSR count). The zero-order valence-electron chi connectivity index (χ0n) is 15.0. The number of nitrogens with one attached hydrogen (secondary N) is 1. The van der Waals surface area contributed by atoms with E-state index in [1.807, 2.05) is 13.0 Å². The van der Waals surface area contributed by atoms with Crippen molar-refractivity contribution in [1.82, 2.24) is 0 Å². The fraction of sp³-hybridized carbons (Fsp3) is 0.143. The van der Waals surface area contributed by atoms with Crippen molar-refractivity contribution in [3.05, 3.63) is 57.6 Å². The van der Waals surface area contributed by atoms with Crippen molar-refractivity contribution in [2.45, 2.75) is 6.92 Å². The van der Waals surface area contributed by atoms with Crippen molar-refractivity contribution in [2.24, 2.45) is 0 Å². The van der Waals surface area contributed by atoms with Crippen LogP contribution in [0.25, 0.3) is 6.08 Å². The van der Waals surface area contributed by atoms with Crippen LogP contribution in [0.15, 0.2) is 42.0 Å². The van der Waals surface area contributed by atoms with Gasteiger partial charge in [0.2, 0.25) is 0 Å². The maximum absolute atomic E-state index is 12.5. The van der Waals surface area contributed by atoms with E-state index in [4.69, 9.17) is 39.1 Å². The highest BCUT2D eigenvalue weighted by molar-refractivity contribution is 6.36. The lowest BCUT2D eigenvalue weighted by Gasteiger charge is -2.10. The van der Waals surface area contributed by atoms with Crippen molar-refractivity contribution in [3.8, 4) is 29.9 Å². The first-order chi connectivity index (χ1) is 13.5. The predicted molar refractivity (Wildman–Crippen MR) is 111 cm³/mol. The second kappa shape index (κ2) is 10.3. The van der Waals surface area contributed by atoms with Crippen molar-refractivity contribution in [1.29, 1.82) is 5.26 Å². The van der Waals surface area contributed by atoms with Crippen LogP contribution >= 0.6 is 23.2 Å². The summed E-state index contributed by atoms with van der Waals surface area (Å²) in [5.74, 6) is 2.66. The van der Waals surface area contributed by atoms with Crippen LogP contribution in [0.4, 0.5) is 5.69 Å². The van der Waals surface area contributed by atoms with E-state index >= 15 is 0 Å². The predicted octanol–water partition coefficient (Wildman–Crippen LogP) is 4.95. The molecule has 0 aromatic heterocycles. The number of hydrogen-bond donors (Lipinski definition) is 1. The number of carbonyl (C=O) groups is 1. The Kier molecular flexibility index (Phi) is 7.77. The molecule has 1 amide bonds. The van der Waals surface area contributed by atoms with Crippen LogP contribution in [0.5, 0.6) is 11.5 Å². The lowest BCUT2D eigenvalue weighted by molar-refractivity contribution is -0.112. The van der Waals surface area contributed by atoms with Gasteiger partial charge in [-0.2, -0.15) is 5.26 Å². The summed E-state index contributed by atoms with van der Waals surface area (Å²) in [5, 5.41) is 12.6. The number of carbonyl (C=O) groups excluding carboxylic acids is 1. The molecule has 0 saturated carbocycles. The minimum absolute atomic E-state index is 0.0253. The molecule has 142 valence electrons. The lowest BCUT2D eigenvalue weighted by atomic mass is 10.1. The Bertz CT molecular complexity index is 971. The molecule has 5 nitrogen and oxygen atoms in total. The van der Waals surface area contributed by atoms with Crippen LogP contribution in [0.1, 0.15) is 12.5 Å². The molecule has 0 aliphatic carbocycles. The Balaban J connectivity index is 2.29. The number of rotatable bonds is 7. The number of benzene rings is 2. The first-order valence-electron chi connectivity index (χ1n) is 8.19. The normalized spacial score (nSPS) is 10.5. The van der Waals surface area contributed by atoms with Crippen LogP contribution in [0, 0.1) is 23.7 Å². The number of anilines is 1. The monoisotopic (exact) mass is 414 g/mol. The SMILES string of the molecule is C#CCOc1c(Cl)cc(Cl)cc1/C=C(\C#N)C(=O)Nc1ccc(OCC)cc1. The Hall–Kier alpha value is -3.12. The topological polar surface area (TPSA) is 71.3 Å². The highest BCUT2D eigenvalue weighted by Crippen LogP contribution is 2.34. The van der Waals surface area contributed by atoms with Gasteiger partial charge in [-0.1, -0.05) is 29.1 Å². The molecule has 2 aromatic rings. The average molecular weight is 415 g/mol. The molecule has 1 N–H and O–H groups in total. The van der Waals surface area contributed by atoms with Gasteiger partial charge in [0.15, 0.2) is 0 Å². The molecular formula is C21H16Cl2N2O3. The van der Waals surface area contributed by atoms with E-state index in [1.54, 1.807) is 24.3 Å². The molecule has 0 saturated heterocycles. The molecule has 0 bridgehead atoms. The third-order valence-corrected chi connectivity index (χ3v) is 3.92. The minimum atomic E-state index is -0.592. The Labute approximate surface area is 173 Å². The second-order valence-corrected chi connectivity index (χ2v) is 6.22. The first-order valence-corrected chi connectivity index (χ1v) is 8.95. The van der Waals surface area contributed by atoms with E-state index in [1.165, 1.54) is 18.2 Å². The largest absolute Gasteiger partial charge is 0.494 e. The van der Waals surface area contributed by atoms with Gasteiger partial charge in [0, 0.05) is 16.3 Å². The Morgan fingerprint density at radius 1 is 1.25 bits per heavy atom. The molecule has 0 aliphatic heterocycles. The molecule has 0 radical (unpaired) electrons. The summed E-state index contributed by atoms with van der Waals surface area (Å²) in [6, 6.07) is 11.7. The maximum Gasteiger partial charge on any atom is 0.266 e. The van der Waals surface area contributed by atoms with Crippen LogP contribution < -0.4 is 14.8 Å². The molecule has 0 unspecified atom stereocenters. The summed E-state index contributed by atoms with van der Waals surface area (Å²) in [5.41, 5.74) is 0.728. The zero-order chi connectivity index (χ0) is 20.5. The van der Waals surface area contributed by atoms with Crippen molar-refractivity contribution >= 4 is 40.9 Å². The summed E-state index contributed by atoms with van der Waals surface area (Å²) < 4.78 is 10.8. The van der Waals surface area contributed by atoms with Crippen LogP contribution in [-0.4, -0.2) is 19.1 Å². The van der Waals surface area contributed by atoms with Gasteiger partial charge < -0.3 is 14.8 Å². The average Bonchev–Trinajstić information content (AvgIpc) is 2.67. The number of halogens is 2. The summed E-state index contributed by atoms with van der Waals surface area (Å²) in [7, 11) is 0. The molecule has 2 aromatic carbocycles. The summed E-state index contributed by atoms with van der Waals surface area (Å²) in [4.78, 5) is 12.5. The van der Waals surface area contributed by atoms with Crippen LogP contribution in [-0.2, 0) is 4.79 Å².